The maximum atomic E-state index is 12.7. The first-order chi connectivity index (χ1) is 20.8. The third-order valence-electron chi connectivity index (χ3n) is 7.02. The molecule has 1 heterocycles. The Bertz CT molecular complexity index is 988. The number of piperidine rings is 1. The van der Waals surface area contributed by atoms with Crippen LogP contribution in [0.3, 0.4) is 0 Å². The molecule has 1 fully saturated rings. The molecule has 44 heavy (non-hydrogen) atoms. The summed E-state index contributed by atoms with van der Waals surface area (Å²) >= 11 is 0. The van der Waals surface area contributed by atoms with Crippen LogP contribution < -0.4 is 26.6 Å². The zero-order chi connectivity index (χ0) is 33.4. The van der Waals surface area contributed by atoms with Gasteiger partial charge in [-0.3, -0.25) is 44.4 Å². The summed E-state index contributed by atoms with van der Waals surface area (Å²) in [4.78, 5) is 73.6. The summed E-state index contributed by atoms with van der Waals surface area (Å²) in [7, 11) is 2.95. The van der Waals surface area contributed by atoms with Gasteiger partial charge < -0.3 is 36.8 Å². The largest absolute Gasteiger partial charge is 0.394 e. The fourth-order valence-electron chi connectivity index (χ4n) is 4.34. The average Bonchev–Trinajstić information content (AvgIpc) is 3.00. The van der Waals surface area contributed by atoms with E-state index in [9.17, 15) is 54.6 Å². The molecule has 252 valence electrons. The SMILES string of the molecule is CNC(CCCN(O)C(=O)C(CO)NC(=O)C(CCCN(O)C(C)=O)NC)C(=O)NC(CO)C(=O)NC1CCCN(O)C1=O. The second-order valence-electron chi connectivity index (χ2n) is 10.2. The zero-order valence-electron chi connectivity index (χ0n) is 25.2. The van der Waals surface area contributed by atoms with Crippen LogP contribution in [0.1, 0.15) is 45.4 Å². The van der Waals surface area contributed by atoms with Gasteiger partial charge in [-0.2, -0.15) is 0 Å². The third-order valence-corrected chi connectivity index (χ3v) is 7.02. The van der Waals surface area contributed by atoms with Crippen LogP contribution in [0.15, 0.2) is 0 Å². The number of aliphatic hydroxyl groups is 2. The van der Waals surface area contributed by atoms with E-state index in [-0.39, 0.29) is 51.7 Å². The summed E-state index contributed by atoms with van der Waals surface area (Å²) in [5.41, 5.74) is 0. The van der Waals surface area contributed by atoms with E-state index >= 15 is 0 Å². The summed E-state index contributed by atoms with van der Waals surface area (Å²) in [6.07, 6.45) is 1.31. The van der Waals surface area contributed by atoms with E-state index in [2.05, 4.69) is 26.6 Å². The minimum absolute atomic E-state index is 0.0159. The van der Waals surface area contributed by atoms with Gasteiger partial charge in [0.15, 0.2) is 0 Å². The van der Waals surface area contributed by atoms with Gasteiger partial charge in [0.05, 0.1) is 25.3 Å². The molecule has 0 aromatic carbocycles. The normalized spacial score (nSPS) is 17.6. The number of rotatable bonds is 19. The third kappa shape index (κ3) is 12.3. The first-order valence-electron chi connectivity index (χ1n) is 14.3. The molecule has 0 aromatic rings. The molecule has 0 bridgehead atoms. The molecule has 19 nitrogen and oxygen atoms in total. The molecule has 10 N–H and O–H groups in total. The van der Waals surface area contributed by atoms with Crippen LogP contribution in [-0.4, -0.2) is 154 Å². The number of carbonyl (C=O) groups is 6. The number of hydrogen-bond donors (Lipinski definition) is 10. The van der Waals surface area contributed by atoms with Crippen LogP contribution in [-0.2, 0) is 28.8 Å². The Kier molecular flexibility index (Phi) is 17.3. The van der Waals surface area contributed by atoms with Gasteiger partial charge in [0.25, 0.3) is 11.8 Å². The summed E-state index contributed by atoms with van der Waals surface area (Å²) in [5, 5.41) is 62.4. The first-order valence-corrected chi connectivity index (χ1v) is 14.3. The summed E-state index contributed by atoms with van der Waals surface area (Å²) < 4.78 is 0. The molecule has 6 amide bonds. The monoisotopic (exact) mass is 634 g/mol. The van der Waals surface area contributed by atoms with Gasteiger partial charge in [-0.1, -0.05) is 0 Å². The lowest BCUT2D eigenvalue weighted by Crippen LogP contribution is -2.58. The highest BCUT2D eigenvalue weighted by molar-refractivity contribution is 5.93. The van der Waals surface area contributed by atoms with Gasteiger partial charge in [0, 0.05) is 26.6 Å². The van der Waals surface area contributed by atoms with Crippen LogP contribution >= 0.6 is 0 Å². The maximum Gasteiger partial charge on any atom is 0.270 e. The van der Waals surface area contributed by atoms with Crippen molar-refractivity contribution in [1.82, 2.24) is 41.8 Å². The van der Waals surface area contributed by atoms with Gasteiger partial charge in [0.1, 0.15) is 18.1 Å². The van der Waals surface area contributed by atoms with E-state index in [0.29, 0.717) is 21.6 Å². The van der Waals surface area contributed by atoms with E-state index in [1.807, 2.05) is 0 Å². The van der Waals surface area contributed by atoms with Crippen molar-refractivity contribution in [3.05, 3.63) is 0 Å². The number of nitrogens with one attached hydrogen (secondary N) is 5. The Labute approximate surface area is 254 Å². The Morgan fingerprint density at radius 2 is 1.34 bits per heavy atom. The molecule has 1 aliphatic heterocycles. The second kappa shape index (κ2) is 19.7. The van der Waals surface area contributed by atoms with Gasteiger partial charge >= 0.3 is 0 Å². The van der Waals surface area contributed by atoms with E-state index in [0.717, 1.165) is 0 Å². The van der Waals surface area contributed by atoms with Crippen molar-refractivity contribution in [3.63, 3.8) is 0 Å². The zero-order valence-corrected chi connectivity index (χ0v) is 25.2. The van der Waals surface area contributed by atoms with Gasteiger partial charge in [-0.15, -0.1) is 0 Å². The molecule has 0 saturated carbocycles. The van der Waals surface area contributed by atoms with E-state index in [1.54, 1.807) is 0 Å². The molecule has 1 aliphatic rings. The van der Waals surface area contributed by atoms with Crippen molar-refractivity contribution in [2.45, 2.75) is 75.7 Å². The van der Waals surface area contributed by atoms with Gasteiger partial charge in [0.2, 0.25) is 23.6 Å². The second-order valence-corrected chi connectivity index (χ2v) is 10.2. The number of nitrogens with zero attached hydrogens (tertiary/aromatic N) is 3. The number of amides is 6. The van der Waals surface area contributed by atoms with Crippen molar-refractivity contribution in [2.24, 2.45) is 0 Å². The molecule has 5 atom stereocenters. The van der Waals surface area contributed by atoms with Crippen molar-refractivity contribution in [2.75, 3.05) is 46.9 Å². The van der Waals surface area contributed by atoms with E-state index in [4.69, 9.17) is 0 Å². The van der Waals surface area contributed by atoms with Crippen LogP contribution in [0.2, 0.25) is 0 Å². The van der Waals surface area contributed by atoms with Crippen LogP contribution in [0.25, 0.3) is 0 Å². The highest BCUT2D eigenvalue weighted by Crippen LogP contribution is 2.10. The topological polar surface area (TPSA) is 273 Å². The number of hydroxylamine groups is 6. The molecule has 5 unspecified atom stereocenters. The molecular formula is C25H46N8O11. The van der Waals surface area contributed by atoms with Crippen LogP contribution in [0.5, 0.6) is 0 Å². The van der Waals surface area contributed by atoms with Crippen molar-refractivity contribution in [3.8, 4) is 0 Å². The molecule has 1 rings (SSSR count). The van der Waals surface area contributed by atoms with Gasteiger partial charge in [-0.25, -0.2) is 15.2 Å². The first kappa shape index (κ1) is 38.6. The van der Waals surface area contributed by atoms with Crippen LogP contribution in [0.4, 0.5) is 0 Å². The van der Waals surface area contributed by atoms with E-state index in [1.165, 1.54) is 21.0 Å². The minimum Gasteiger partial charge on any atom is -0.394 e. The summed E-state index contributed by atoms with van der Waals surface area (Å²) in [6.45, 7) is -0.572. The van der Waals surface area contributed by atoms with Crippen molar-refractivity contribution in [1.29, 1.82) is 0 Å². The summed E-state index contributed by atoms with van der Waals surface area (Å²) in [5.74, 6) is -4.42. The lowest BCUT2D eigenvalue weighted by atomic mass is 10.1. The lowest BCUT2D eigenvalue weighted by molar-refractivity contribution is -0.173. The predicted octanol–water partition coefficient (Wildman–Crippen LogP) is -4.37. The van der Waals surface area contributed by atoms with Crippen LogP contribution in [0, 0.1) is 0 Å². The maximum absolute atomic E-state index is 12.7. The number of aliphatic hydroxyl groups excluding tert-OH is 2. The highest BCUT2D eigenvalue weighted by Gasteiger charge is 2.33. The Morgan fingerprint density at radius 3 is 1.82 bits per heavy atom. The van der Waals surface area contributed by atoms with Gasteiger partial charge in [-0.05, 0) is 52.6 Å². The molecule has 0 aliphatic carbocycles. The minimum atomic E-state index is -1.48. The Balaban J connectivity index is 2.59. The van der Waals surface area contributed by atoms with Crippen molar-refractivity contribution < 1.29 is 54.6 Å². The number of likely N-dealkylation sites (N-methyl/N-ethyl adjacent to an activating group) is 2. The van der Waals surface area contributed by atoms with E-state index < -0.39 is 78.9 Å². The Morgan fingerprint density at radius 1 is 0.841 bits per heavy atom. The molecule has 0 aromatic heterocycles. The highest BCUT2D eigenvalue weighted by atomic mass is 16.5. The van der Waals surface area contributed by atoms with Crippen molar-refractivity contribution >= 4 is 35.4 Å². The summed E-state index contributed by atoms with van der Waals surface area (Å²) in [6, 6.07) is -5.59. The fourth-order valence-corrected chi connectivity index (χ4v) is 4.34. The molecule has 0 spiro atoms. The number of carbonyl (C=O) groups excluding carboxylic acids is 6. The molecular weight excluding hydrogens is 588 g/mol. The fraction of sp³-hybridized carbons (Fsp3) is 0.760. The smallest absolute Gasteiger partial charge is 0.270 e. The quantitative estimate of drug-likeness (QED) is 0.0476. The molecule has 1 saturated heterocycles. The molecule has 19 heteroatoms. The number of hydrogen-bond acceptors (Lipinski definition) is 13. The average molecular weight is 635 g/mol. The molecule has 0 radical (unpaired) electrons. The lowest BCUT2D eigenvalue weighted by Gasteiger charge is -2.29. The predicted molar refractivity (Wildman–Crippen MR) is 150 cm³/mol. The Hall–Kier alpha value is -3.46. The standard InChI is InChI=1S/C25H46N8O11/c1-15(36)31(42)10-4-7-17(27-3)22(38)30-20(14-35)25(41)33(44)11-5-8-16(26-2)21(37)29-19(13-34)23(39)28-18-9-6-12-32(43)24(18)40/h16-20,26-27,34-35,42-44H,4-14H2,1-3H3,(H,28,39)(H,29,37)(H,30,38).